The Balaban J connectivity index is 2.20. The molecule has 0 aliphatic heterocycles. The largest absolute Gasteiger partial charge is 0.485 e. The molecule has 0 heterocycles. The fraction of sp³-hybridized carbons (Fsp3) is 0.333. The highest BCUT2D eigenvalue weighted by Crippen LogP contribution is 2.29. The Morgan fingerprint density at radius 1 is 1.39 bits per heavy atom. The number of halogens is 1. The van der Waals surface area contributed by atoms with Crippen LogP contribution in [0.15, 0.2) is 35.2 Å². The Hall–Kier alpha value is -1.04. The highest BCUT2D eigenvalue weighted by atomic mass is 35.5. The zero-order valence-corrected chi connectivity index (χ0v) is 11.2. The molecule has 6 heteroatoms. The Morgan fingerprint density at radius 3 is 2.72 bits per heavy atom. The third-order valence-corrected chi connectivity index (χ3v) is 3.93. The van der Waals surface area contributed by atoms with Gasteiger partial charge in [-0.1, -0.05) is 17.7 Å². The smallest absolute Gasteiger partial charge is 0.238 e. The van der Waals surface area contributed by atoms with Crippen LogP contribution in [0, 0.1) is 0 Å². The summed E-state index contributed by atoms with van der Waals surface area (Å²) in [7, 11) is -3.73. The van der Waals surface area contributed by atoms with Gasteiger partial charge in [0.15, 0.2) is 0 Å². The summed E-state index contributed by atoms with van der Waals surface area (Å²) in [5.74, 6) is 0.473. The van der Waals surface area contributed by atoms with Crippen LogP contribution >= 0.6 is 11.6 Å². The molecule has 1 aliphatic rings. The molecule has 0 bridgehead atoms. The lowest BCUT2D eigenvalue weighted by atomic mass is 10.1. The number of hydrogen-bond donors (Lipinski definition) is 1. The normalized spacial score (nSPS) is 19.8. The second-order valence-electron chi connectivity index (χ2n) is 4.15. The maximum Gasteiger partial charge on any atom is 0.238 e. The van der Waals surface area contributed by atoms with Gasteiger partial charge in [-0.15, -0.1) is 0 Å². The van der Waals surface area contributed by atoms with E-state index in [2.05, 4.69) is 6.08 Å². The molecule has 18 heavy (non-hydrogen) atoms. The summed E-state index contributed by atoms with van der Waals surface area (Å²) in [5.41, 5.74) is 0. The summed E-state index contributed by atoms with van der Waals surface area (Å²) >= 11 is 5.99. The minimum Gasteiger partial charge on any atom is -0.485 e. The predicted molar refractivity (Wildman–Crippen MR) is 70.2 cm³/mol. The molecule has 0 amide bonds. The highest BCUT2D eigenvalue weighted by Gasteiger charge is 2.14. The molecule has 0 fully saturated rings. The van der Waals surface area contributed by atoms with E-state index in [4.69, 9.17) is 21.5 Å². The average molecular weight is 288 g/mol. The van der Waals surface area contributed by atoms with E-state index in [9.17, 15) is 8.42 Å². The molecule has 2 rings (SSSR count). The van der Waals surface area contributed by atoms with Gasteiger partial charge in [-0.05, 0) is 43.5 Å². The van der Waals surface area contributed by atoms with Crippen LogP contribution in [-0.2, 0) is 10.0 Å². The van der Waals surface area contributed by atoms with Gasteiger partial charge in [-0.2, -0.15) is 0 Å². The molecule has 0 aromatic heterocycles. The third-order valence-electron chi connectivity index (χ3n) is 2.72. The first-order chi connectivity index (χ1) is 8.47. The van der Waals surface area contributed by atoms with Gasteiger partial charge in [0.1, 0.15) is 11.9 Å². The standard InChI is InChI=1S/C12H14ClNO3S/c13-11-8-10(18(14,15)16)6-7-12(11)17-9-4-2-1-3-5-9/h2,4,6-9H,1,3,5H2,(H2,14,15,16). The van der Waals surface area contributed by atoms with E-state index in [0.29, 0.717) is 5.75 Å². The van der Waals surface area contributed by atoms with Gasteiger partial charge in [-0.3, -0.25) is 0 Å². The average Bonchev–Trinajstić information content (AvgIpc) is 2.32. The summed E-state index contributed by atoms with van der Waals surface area (Å²) in [6.07, 6.45) is 7.14. The van der Waals surface area contributed by atoms with E-state index in [-0.39, 0.29) is 16.0 Å². The number of allylic oxidation sites excluding steroid dienone is 1. The van der Waals surface area contributed by atoms with Crippen molar-refractivity contribution in [1.29, 1.82) is 0 Å². The highest BCUT2D eigenvalue weighted by molar-refractivity contribution is 7.89. The number of sulfonamides is 1. The van der Waals surface area contributed by atoms with Crippen LogP contribution in [0.3, 0.4) is 0 Å². The lowest BCUT2D eigenvalue weighted by molar-refractivity contribution is 0.230. The van der Waals surface area contributed by atoms with Crippen molar-refractivity contribution in [2.45, 2.75) is 30.3 Å². The van der Waals surface area contributed by atoms with Crippen LogP contribution in [0.5, 0.6) is 5.75 Å². The molecule has 1 unspecified atom stereocenters. The van der Waals surface area contributed by atoms with Crippen molar-refractivity contribution in [3.05, 3.63) is 35.4 Å². The minimum atomic E-state index is -3.73. The van der Waals surface area contributed by atoms with Crippen LogP contribution < -0.4 is 9.88 Å². The molecule has 1 aromatic rings. The number of nitrogens with two attached hydrogens (primary N) is 1. The van der Waals surface area contributed by atoms with Crippen molar-refractivity contribution in [3.8, 4) is 5.75 Å². The van der Waals surface area contributed by atoms with Gasteiger partial charge in [0.25, 0.3) is 0 Å². The molecule has 4 nitrogen and oxygen atoms in total. The van der Waals surface area contributed by atoms with Gasteiger partial charge >= 0.3 is 0 Å². The van der Waals surface area contributed by atoms with Crippen LogP contribution in [0.25, 0.3) is 0 Å². The molecule has 0 saturated heterocycles. The third kappa shape index (κ3) is 3.25. The summed E-state index contributed by atoms with van der Waals surface area (Å²) in [6, 6.07) is 4.23. The summed E-state index contributed by atoms with van der Waals surface area (Å²) in [5, 5.41) is 5.27. The minimum absolute atomic E-state index is 0.00316. The van der Waals surface area contributed by atoms with Gasteiger partial charge in [0.05, 0.1) is 9.92 Å². The molecule has 1 aromatic carbocycles. The second-order valence-corrected chi connectivity index (χ2v) is 6.12. The van der Waals surface area contributed by atoms with Gasteiger partial charge < -0.3 is 4.74 Å². The molecule has 1 aliphatic carbocycles. The number of ether oxygens (including phenoxy) is 1. The van der Waals surface area contributed by atoms with Crippen molar-refractivity contribution in [3.63, 3.8) is 0 Å². The van der Waals surface area contributed by atoms with Gasteiger partial charge in [0, 0.05) is 0 Å². The Bertz CT molecular complexity index is 569. The number of primary sulfonamides is 1. The van der Waals surface area contributed by atoms with Crippen LogP contribution in [0.1, 0.15) is 19.3 Å². The zero-order chi connectivity index (χ0) is 13.2. The van der Waals surface area contributed by atoms with E-state index in [1.54, 1.807) is 0 Å². The molecule has 0 radical (unpaired) electrons. The Kier molecular flexibility index (Phi) is 3.94. The number of hydrogen-bond acceptors (Lipinski definition) is 3. The fourth-order valence-electron chi connectivity index (χ4n) is 1.80. The van der Waals surface area contributed by atoms with Crippen molar-refractivity contribution in [2.24, 2.45) is 5.14 Å². The lowest BCUT2D eigenvalue weighted by Gasteiger charge is -2.19. The fourth-order valence-corrected chi connectivity index (χ4v) is 2.63. The molecule has 1 atom stereocenters. The van der Waals surface area contributed by atoms with E-state index in [0.717, 1.165) is 19.3 Å². The Morgan fingerprint density at radius 2 is 2.17 bits per heavy atom. The van der Waals surface area contributed by atoms with Crippen molar-refractivity contribution in [1.82, 2.24) is 0 Å². The second kappa shape index (κ2) is 5.30. The van der Waals surface area contributed by atoms with Crippen LogP contribution in [-0.4, -0.2) is 14.5 Å². The van der Waals surface area contributed by atoms with E-state index in [1.165, 1.54) is 18.2 Å². The molecule has 98 valence electrons. The predicted octanol–water partition coefficient (Wildman–Crippen LogP) is 2.47. The van der Waals surface area contributed by atoms with Gasteiger partial charge in [-0.25, -0.2) is 13.6 Å². The first-order valence-corrected chi connectivity index (χ1v) is 7.55. The monoisotopic (exact) mass is 287 g/mol. The van der Waals surface area contributed by atoms with E-state index in [1.807, 2.05) is 6.08 Å². The van der Waals surface area contributed by atoms with Crippen LogP contribution in [0.4, 0.5) is 0 Å². The van der Waals surface area contributed by atoms with E-state index < -0.39 is 10.0 Å². The maximum atomic E-state index is 11.2. The zero-order valence-electron chi connectivity index (χ0n) is 9.67. The molecule has 0 saturated carbocycles. The van der Waals surface area contributed by atoms with Crippen molar-refractivity contribution in [2.75, 3.05) is 0 Å². The molecular formula is C12H14ClNO3S. The molecule has 0 spiro atoms. The van der Waals surface area contributed by atoms with Crippen LogP contribution in [0.2, 0.25) is 5.02 Å². The first-order valence-electron chi connectivity index (χ1n) is 5.62. The molecular weight excluding hydrogens is 274 g/mol. The van der Waals surface area contributed by atoms with E-state index >= 15 is 0 Å². The number of benzene rings is 1. The summed E-state index contributed by atoms with van der Waals surface area (Å²) < 4.78 is 28.0. The summed E-state index contributed by atoms with van der Waals surface area (Å²) in [6.45, 7) is 0. The summed E-state index contributed by atoms with van der Waals surface area (Å²) in [4.78, 5) is -0.0148. The quantitative estimate of drug-likeness (QED) is 0.868. The number of rotatable bonds is 3. The Labute approximate surface area is 111 Å². The van der Waals surface area contributed by atoms with Crippen molar-refractivity contribution < 1.29 is 13.2 Å². The first kappa shape index (κ1) is 13.4. The molecule has 2 N–H and O–H groups in total. The maximum absolute atomic E-state index is 11.2. The SMILES string of the molecule is NS(=O)(=O)c1ccc(OC2C=CCCC2)c(Cl)c1. The van der Waals surface area contributed by atoms with Crippen molar-refractivity contribution >= 4 is 21.6 Å². The van der Waals surface area contributed by atoms with Gasteiger partial charge in [0.2, 0.25) is 10.0 Å². The lowest BCUT2D eigenvalue weighted by Crippen LogP contribution is -2.16. The topological polar surface area (TPSA) is 69.4 Å².